The number of rotatable bonds is 4. The van der Waals surface area contributed by atoms with Crippen LogP contribution in [0.25, 0.3) is 0 Å². The molecule has 1 aromatic rings. The van der Waals surface area contributed by atoms with Crippen LogP contribution in [-0.2, 0) is 28.9 Å². The van der Waals surface area contributed by atoms with Gasteiger partial charge in [0, 0.05) is 25.4 Å². The van der Waals surface area contributed by atoms with Crippen molar-refractivity contribution >= 4 is 33.7 Å². The number of hydrogen-bond acceptors (Lipinski definition) is 9. The van der Waals surface area contributed by atoms with E-state index in [1.165, 1.54) is 6.26 Å². The van der Waals surface area contributed by atoms with Crippen LogP contribution in [0.5, 0.6) is 0 Å². The van der Waals surface area contributed by atoms with E-state index in [2.05, 4.69) is 24.9 Å². The molecule has 0 atom stereocenters. The quantitative estimate of drug-likeness (QED) is 0.526. The molecule has 9 nitrogen and oxygen atoms in total. The van der Waals surface area contributed by atoms with Crippen LogP contribution in [0.2, 0.25) is 5.28 Å². The van der Waals surface area contributed by atoms with Crippen molar-refractivity contribution in [2.24, 2.45) is 0 Å². The van der Waals surface area contributed by atoms with E-state index in [4.69, 9.17) is 16.3 Å². The Morgan fingerprint density at radius 3 is 2.30 bits per heavy atom. The monoisotopic (exact) mass is 462 g/mol. The van der Waals surface area contributed by atoms with Crippen LogP contribution < -0.4 is 10.2 Å². The third-order valence-electron chi connectivity index (χ3n) is 5.01. The van der Waals surface area contributed by atoms with Crippen LogP contribution in [0, 0.1) is 0 Å². The summed E-state index contributed by atoms with van der Waals surface area (Å²) < 4.78 is 34.0. The topological polar surface area (TPSA) is 111 Å². The Bertz CT molecular complexity index is 817. The predicted octanol–water partition coefficient (Wildman–Crippen LogP) is 1.55. The zero-order chi connectivity index (χ0) is 22.4. The second kappa shape index (κ2) is 10.2. The number of nitrogens with one attached hydrogen (secondary N) is 1. The van der Waals surface area contributed by atoms with E-state index in [1.807, 2.05) is 20.8 Å². The van der Waals surface area contributed by atoms with Crippen molar-refractivity contribution in [1.82, 2.24) is 15.3 Å². The lowest BCUT2D eigenvalue weighted by atomic mass is 9.93. The second-order valence-corrected chi connectivity index (χ2v) is 11.0. The Kier molecular flexibility index (Phi) is 8.43. The summed E-state index contributed by atoms with van der Waals surface area (Å²) in [6, 6.07) is 1.78. The van der Waals surface area contributed by atoms with E-state index in [0.29, 0.717) is 70.2 Å². The van der Waals surface area contributed by atoms with Crippen LogP contribution in [0.1, 0.15) is 39.3 Å². The summed E-state index contributed by atoms with van der Waals surface area (Å²) in [7, 11) is -3.34. The summed E-state index contributed by atoms with van der Waals surface area (Å²) in [5.41, 5.74) is 0.185. The Hall–Kier alpha value is -1.49. The molecule has 0 bridgehead atoms. The highest BCUT2D eigenvalue weighted by molar-refractivity contribution is 7.91. The maximum Gasteiger partial charge on any atom is 0.293 e. The van der Waals surface area contributed by atoms with Gasteiger partial charge in [0.25, 0.3) is 6.47 Å². The minimum atomic E-state index is -3.34. The van der Waals surface area contributed by atoms with E-state index in [-0.39, 0.29) is 10.9 Å². The lowest BCUT2D eigenvalue weighted by Gasteiger charge is -2.36. The molecule has 1 aromatic heterocycles. The molecule has 0 unspecified atom stereocenters. The number of piperidine rings is 1. The molecule has 2 aliphatic heterocycles. The number of aromatic nitrogens is 2. The molecule has 0 amide bonds. The SMILES string of the molecule is CC(C)(C)OC=O.CS(=O)(=O)C1(c2cc(N3CCOCC3)nc(Cl)n2)CCNCC1. The largest absolute Gasteiger partial charge is 0.462 e. The van der Waals surface area contributed by atoms with Crippen molar-refractivity contribution < 1.29 is 22.7 Å². The molecule has 30 heavy (non-hydrogen) atoms. The fourth-order valence-corrected chi connectivity index (χ4v) is 4.99. The minimum absolute atomic E-state index is 0.0885. The van der Waals surface area contributed by atoms with Gasteiger partial charge < -0.3 is 19.7 Å². The molecule has 0 aromatic carbocycles. The summed E-state index contributed by atoms with van der Waals surface area (Å²) in [5.74, 6) is 0.671. The number of ether oxygens (including phenoxy) is 2. The van der Waals surface area contributed by atoms with Gasteiger partial charge in [-0.1, -0.05) is 0 Å². The van der Waals surface area contributed by atoms with E-state index < -0.39 is 14.6 Å². The third kappa shape index (κ3) is 6.50. The summed E-state index contributed by atoms with van der Waals surface area (Å²) in [6.45, 7) is 9.87. The van der Waals surface area contributed by atoms with Crippen molar-refractivity contribution in [3.05, 3.63) is 17.0 Å². The normalized spacial score (nSPS) is 19.4. The lowest BCUT2D eigenvalue weighted by Crippen LogP contribution is -2.46. The Labute approximate surface area is 183 Å². The van der Waals surface area contributed by atoms with Crippen LogP contribution in [-0.4, -0.2) is 76.1 Å². The number of carbonyl (C=O) groups is 1. The lowest BCUT2D eigenvalue weighted by molar-refractivity contribution is -0.138. The first-order valence-corrected chi connectivity index (χ1v) is 12.1. The molecule has 2 saturated heterocycles. The summed E-state index contributed by atoms with van der Waals surface area (Å²) >= 11 is 6.11. The highest BCUT2D eigenvalue weighted by atomic mass is 35.5. The summed E-state index contributed by atoms with van der Waals surface area (Å²) in [4.78, 5) is 20.2. The number of sulfone groups is 1. The standard InChI is InChI=1S/C14H21ClN4O3S.C5H10O2/c1-23(20,21)14(2-4-16-5-3-14)11-10-12(18-13(15)17-11)19-6-8-22-9-7-19;1-5(2,3)7-4-6/h10,16H,2-9H2,1H3;4H,1-3H3. The van der Waals surface area contributed by atoms with Gasteiger partial charge in [-0.2, -0.15) is 0 Å². The van der Waals surface area contributed by atoms with Gasteiger partial charge in [-0.15, -0.1) is 0 Å². The number of hydrogen-bond donors (Lipinski definition) is 1. The Balaban J connectivity index is 0.000000396. The van der Waals surface area contributed by atoms with Gasteiger partial charge in [-0.05, 0) is 58.3 Å². The van der Waals surface area contributed by atoms with Gasteiger partial charge in [0.05, 0.1) is 18.9 Å². The van der Waals surface area contributed by atoms with Crippen molar-refractivity contribution in [2.45, 2.75) is 44.0 Å². The maximum absolute atomic E-state index is 12.5. The molecular weight excluding hydrogens is 432 g/mol. The molecular formula is C19H31ClN4O5S. The zero-order valence-corrected chi connectivity index (χ0v) is 19.6. The van der Waals surface area contributed by atoms with Crippen molar-refractivity contribution in [3.8, 4) is 0 Å². The van der Waals surface area contributed by atoms with E-state index in [0.717, 1.165) is 0 Å². The second-order valence-electron chi connectivity index (χ2n) is 8.32. The first kappa shape index (κ1) is 24.8. The predicted molar refractivity (Wildman–Crippen MR) is 116 cm³/mol. The zero-order valence-electron chi connectivity index (χ0n) is 18.0. The van der Waals surface area contributed by atoms with Crippen LogP contribution in [0.15, 0.2) is 6.07 Å². The Morgan fingerprint density at radius 2 is 1.83 bits per heavy atom. The van der Waals surface area contributed by atoms with Crippen LogP contribution in [0.4, 0.5) is 5.82 Å². The van der Waals surface area contributed by atoms with E-state index in [1.54, 1.807) is 6.07 Å². The van der Waals surface area contributed by atoms with Crippen molar-refractivity contribution in [1.29, 1.82) is 0 Å². The molecule has 0 saturated carbocycles. The average molecular weight is 463 g/mol. The summed E-state index contributed by atoms with van der Waals surface area (Å²) in [5, 5.41) is 3.29. The molecule has 3 rings (SSSR count). The molecule has 170 valence electrons. The molecule has 0 spiro atoms. The number of halogens is 1. The number of morpholine rings is 1. The van der Waals surface area contributed by atoms with E-state index >= 15 is 0 Å². The fraction of sp³-hybridized carbons (Fsp3) is 0.737. The minimum Gasteiger partial charge on any atom is -0.462 e. The van der Waals surface area contributed by atoms with Gasteiger partial charge in [0.1, 0.15) is 16.2 Å². The fourth-order valence-electron chi connectivity index (χ4n) is 3.39. The molecule has 11 heteroatoms. The molecule has 1 N–H and O–H groups in total. The van der Waals surface area contributed by atoms with Crippen LogP contribution >= 0.6 is 11.6 Å². The van der Waals surface area contributed by atoms with Gasteiger partial charge in [0.15, 0.2) is 9.84 Å². The molecule has 3 heterocycles. The molecule has 0 aliphatic carbocycles. The van der Waals surface area contributed by atoms with E-state index in [9.17, 15) is 13.2 Å². The molecule has 0 radical (unpaired) electrons. The van der Waals surface area contributed by atoms with Gasteiger partial charge >= 0.3 is 0 Å². The highest BCUT2D eigenvalue weighted by Gasteiger charge is 2.45. The van der Waals surface area contributed by atoms with Crippen molar-refractivity contribution in [2.75, 3.05) is 50.5 Å². The van der Waals surface area contributed by atoms with Gasteiger partial charge in [-0.3, -0.25) is 4.79 Å². The molecule has 2 aliphatic rings. The third-order valence-corrected chi connectivity index (χ3v) is 7.22. The van der Waals surface area contributed by atoms with Gasteiger partial charge in [-0.25, -0.2) is 18.4 Å². The average Bonchev–Trinajstić information content (AvgIpc) is 2.67. The highest BCUT2D eigenvalue weighted by Crippen LogP contribution is 2.39. The van der Waals surface area contributed by atoms with Crippen LogP contribution in [0.3, 0.4) is 0 Å². The van der Waals surface area contributed by atoms with Gasteiger partial charge in [0.2, 0.25) is 5.28 Å². The summed E-state index contributed by atoms with van der Waals surface area (Å²) in [6.07, 6.45) is 2.26. The Morgan fingerprint density at radius 1 is 1.23 bits per heavy atom. The first-order valence-electron chi connectivity index (χ1n) is 9.88. The maximum atomic E-state index is 12.5. The molecule has 2 fully saturated rings. The van der Waals surface area contributed by atoms with Crippen molar-refractivity contribution in [3.63, 3.8) is 0 Å². The number of nitrogens with zero attached hydrogens (tertiary/aromatic N) is 3. The number of anilines is 1. The smallest absolute Gasteiger partial charge is 0.293 e. The first-order chi connectivity index (χ1) is 14.0. The number of carbonyl (C=O) groups excluding carboxylic acids is 1.